The summed E-state index contributed by atoms with van der Waals surface area (Å²) in [5.41, 5.74) is 1.25. The van der Waals surface area contributed by atoms with Crippen LogP contribution in [0, 0.1) is 5.92 Å². The molecule has 0 saturated carbocycles. The number of nitrogens with zero attached hydrogens (tertiary/aromatic N) is 3. The Labute approximate surface area is 155 Å². The summed E-state index contributed by atoms with van der Waals surface area (Å²) >= 11 is 0. The van der Waals surface area contributed by atoms with Crippen molar-refractivity contribution in [2.24, 2.45) is 5.92 Å². The van der Waals surface area contributed by atoms with Crippen LogP contribution in [0.4, 0.5) is 6.01 Å². The third-order valence-corrected chi connectivity index (χ3v) is 4.07. The third-order valence-electron chi connectivity index (χ3n) is 4.07. The molecule has 2 N–H and O–H groups in total. The van der Waals surface area contributed by atoms with E-state index in [0.717, 1.165) is 19.4 Å². The SMILES string of the molecule is COC(=O)CNC(=O)CC1CCCN(c2nc3ncccc3o2)C1.O=CO. The Bertz CT molecular complexity index is 745. The second-order valence-corrected chi connectivity index (χ2v) is 5.94. The van der Waals surface area contributed by atoms with E-state index in [9.17, 15) is 9.59 Å². The minimum Gasteiger partial charge on any atom is -0.483 e. The molecule has 2 aromatic rings. The van der Waals surface area contributed by atoms with Gasteiger partial charge in [-0.2, -0.15) is 4.98 Å². The lowest BCUT2D eigenvalue weighted by atomic mass is 9.95. The lowest BCUT2D eigenvalue weighted by molar-refractivity contribution is -0.141. The van der Waals surface area contributed by atoms with Gasteiger partial charge in [0.25, 0.3) is 12.5 Å². The van der Waals surface area contributed by atoms with Crippen molar-refractivity contribution in [1.29, 1.82) is 0 Å². The van der Waals surface area contributed by atoms with E-state index < -0.39 is 5.97 Å². The number of rotatable bonds is 5. The van der Waals surface area contributed by atoms with Gasteiger partial charge in [0.2, 0.25) is 11.6 Å². The minimum atomic E-state index is -0.451. The first-order valence-electron chi connectivity index (χ1n) is 8.45. The molecule has 1 aliphatic rings. The van der Waals surface area contributed by atoms with Gasteiger partial charge in [-0.05, 0) is 30.9 Å². The van der Waals surface area contributed by atoms with E-state index in [1.165, 1.54) is 7.11 Å². The molecule has 0 aliphatic carbocycles. The first-order chi connectivity index (χ1) is 13.1. The molecule has 10 nitrogen and oxygen atoms in total. The van der Waals surface area contributed by atoms with Crippen LogP contribution in [-0.2, 0) is 19.1 Å². The van der Waals surface area contributed by atoms with E-state index in [1.54, 1.807) is 6.20 Å². The molecule has 1 fully saturated rings. The summed E-state index contributed by atoms with van der Waals surface area (Å²) in [6.07, 6.45) is 3.97. The van der Waals surface area contributed by atoms with Crippen LogP contribution in [-0.4, -0.2) is 60.2 Å². The fourth-order valence-electron chi connectivity index (χ4n) is 2.88. The summed E-state index contributed by atoms with van der Waals surface area (Å²) in [4.78, 5) is 42.0. The Morgan fingerprint density at radius 3 is 3.00 bits per heavy atom. The number of oxazole rings is 1. The van der Waals surface area contributed by atoms with Crippen molar-refractivity contribution in [2.75, 3.05) is 31.6 Å². The monoisotopic (exact) mass is 378 g/mol. The molecule has 0 bridgehead atoms. The maximum atomic E-state index is 11.9. The molecule has 1 amide bonds. The Morgan fingerprint density at radius 1 is 1.52 bits per heavy atom. The van der Waals surface area contributed by atoms with Crippen LogP contribution in [0.2, 0.25) is 0 Å². The zero-order valence-corrected chi connectivity index (χ0v) is 15.0. The zero-order chi connectivity index (χ0) is 19.6. The summed E-state index contributed by atoms with van der Waals surface area (Å²) in [6.45, 7) is 1.19. The fraction of sp³-hybridized carbons (Fsp3) is 0.471. The van der Waals surface area contributed by atoms with Crippen LogP contribution < -0.4 is 10.2 Å². The van der Waals surface area contributed by atoms with Crippen LogP contribution in [0.25, 0.3) is 11.2 Å². The summed E-state index contributed by atoms with van der Waals surface area (Å²) in [6, 6.07) is 4.19. The highest BCUT2D eigenvalue weighted by Gasteiger charge is 2.25. The van der Waals surface area contributed by atoms with Crippen LogP contribution in [0.5, 0.6) is 0 Å². The number of carbonyl (C=O) groups excluding carboxylic acids is 2. The number of esters is 1. The maximum Gasteiger partial charge on any atom is 0.325 e. The van der Waals surface area contributed by atoms with Gasteiger partial charge in [-0.3, -0.25) is 14.4 Å². The van der Waals surface area contributed by atoms with E-state index in [-0.39, 0.29) is 24.8 Å². The summed E-state index contributed by atoms with van der Waals surface area (Å²) in [5, 5.41) is 9.46. The Morgan fingerprint density at radius 2 is 2.30 bits per heavy atom. The molecule has 27 heavy (non-hydrogen) atoms. The maximum absolute atomic E-state index is 11.9. The average molecular weight is 378 g/mol. The normalized spacial score (nSPS) is 16.2. The molecule has 0 spiro atoms. The number of aromatic nitrogens is 2. The van der Waals surface area contributed by atoms with E-state index in [2.05, 4.69) is 20.0 Å². The van der Waals surface area contributed by atoms with Gasteiger partial charge in [0, 0.05) is 25.7 Å². The molecule has 1 saturated heterocycles. The second kappa shape index (κ2) is 10.1. The van der Waals surface area contributed by atoms with Crippen LogP contribution in [0.3, 0.4) is 0 Å². The molecule has 10 heteroatoms. The fourth-order valence-corrected chi connectivity index (χ4v) is 2.88. The van der Waals surface area contributed by atoms with Gasteiger partial charge in [-0.15, -0.1) is 0 Å². The topological polar surface area (TPSA) is 135 Å². The summed E-state index contributed by atoms with van der Waals surface area (Å²) in [7, 11) is 1.29. The molecule has 1 aliphatic heterocycles. The lowest BCUT2D eigenvalue weighted by Gasteiger charge is -2.31. The Balaban J connectivity index is 0.000000817. The van der Waals surface area contributed by atoms with Crippen molar-refractivity contribution in [3.63, 3.8) is 0 Å². The average Bonchev–Trinajstić information content (AvgIpc) is 3.11. The standard InChI is InChI=1S/C16H20N4O4.CH2O2/c1-23-14(22)9-18-13(21)8-11-4-3-7-20(10-11)16-19-15-12(24-16)5-2-6-17-15;2-1-3/h2,5-6,11H,3-4,7-10H2,1H3,(H,18,21);1H,(H,2,3). The Hall–Kier alpha value is -3.17. The van der Waals surface area contributed by atoms with E-state index in [4.69, 9.17) is 14.3 Å². The van der Waals surface area contributed by atoms with Gasteiger partial charge >= 0.3 is 5.97 Å². The number of methoxy groups -OCH3 is 1. The van der Waals surface area contributed by atoms with Crippen molar-refractivity contribution in [3.05, 3.63) is 18.3 Å². The smallest absolute Gasteiger partial charge is 0.325 e. The van der Waals surface area contributed by atoms with Gasteiger partial charge in [0.1, 0.15) is 6.54 Å². The van der Waals surface area contributed by atoms with Gasteiger partial charge in [-0.25, -0.2) is 4.98 Å². The highest BCUT2D eigenvalue weighted by Crippen LogP contribution is 2.26. The number of anilines is 1. The predicted molar refractivity (Wildman–Crippen MR) is 95.1 cm³/mol. The molecular formula is C17H22N4O6. The molecular weight excluding hydrogens is 356 g/mol. The first kappa shape index (κ1) is 20.1. The van der Waals surface area contributed by atoms with Gasteiger partial charge in [0.15, 0.2) is 5.58 Å². The van der Waals surface area contributed by atoms with Crippen molar-refractivity contribution >= 4 is 35.6 Å². The molecule has 3 rings (SSSR count). The van der Waals surface area contributed by atoms with Crippen molar-refractivity contribution in [2.45, 2.75) is 19.3 Å². The van der Waals surface area contributed by atoms with Crippen molar-refractivity contribution in [1.82, 2.24) is 15.3 Å². The number of pyridine rings is 1. The number of amides is 1. The number of hydrogen-bond donors (Lipinski definition) is 2. The lowest BCUT2D eigenvalue weighted by Crippen LogP contribution is -2.39. The number of fused-ring (bicyclic) bond motifs is 1. The van der Waals surface area contributed by atoms with Gasteiger partial charge in [-0.1, -0.05) is 0 Å². The van der Waals surface area contributed by atoms with Crippen molar-refractivity contribution < 1.29 is 28.6 Å². The van der Waals surface area contributed by atoms with E-state index in [1.807, 2.05) is 17.0 Å². The van der Waals surface area contributed by atoms with Crippen LogP contribution >= 0.6 is 0 Å². The summed E-state index contributed by atoms with van der Waals surface area (Å²) < 4.78 is 10.3. The van der Waals surface area contributed by atoms with E-state index >= 15 is 0 Å². The van der Waals surface area contributed by atoms with Gasteiger partial charge in [0.05, 0.1) is 7.11 Å². The number of hydrogen-bond acceptors (Lipinski definition) is 8. The number of carboxylic acid groups (broad SMARTS) is 1. The van der Waals surface area contributed by atoms with E-state index in [0.29, 0.717) is 30.2 Å². The molecule has 0 aromatic carbocycles. The second-order valence-electron chi connectivity index (χ2n) is 5.94. The minimum absolute atomic E-state index is 0.0947. The quantitative estimate of drug-likeness (QED) is 0.572. The first-order valence-corrected chi connectivity index (χ1v) is 8.45. The number of piperidine rings is 1. The number of nitrogens with one attached hydrogen (secondary N) is 1. The number of carbonyl (C=O) groups is 3. The molecule has 2 aromatic heterocycles. The molecule has 1 unspecified atom stereocenters. The third kappa shape index (κ3) is 5.94. The molecule has 3 heterocycles. The zero-order valence-electron chi connectivity index (χ0n) is 15.0. The predicted octanol–water partition coefficient (Wildman–Crippen LogP) is 0.819. The largest absolute Gasteiger partial charge is 0.483 e. The Kier molecular flexibility index (Phi) is 7.53. The molecule has 0 radical (unpaired) electrons. The summed E-state index contributed by atoms with van der Waals surface area (Å²) in [5.74, 6) is -0.404. The van der Waals surface area contributed by atoms with Gasteiger partial charge < -0.3 is 24.5 Å². The van der Waals surface area contributed by atoms with Crippen LogP contribution in [0.15, 0.2) is 22.7 Å². The van der Waals surface area contributed by atoms with Crippen molar-refractivity contribution in [3.8, 4) is 0 Å². The number of ether oxygens (including phenoxy) is 1. The molecule has 146 valence electrons. The highest BCUT2D eigenvalue weighted by molar-refractivity contribution is 5.82. The molecule has 1 atom stereocenters. The van der Waals surface area contributed by atoms with Crippen LogP contribution in [0.1, 0.15) is 19.3 Å². The highest BCUT2D eigenvalue weighted by atomic mass is 16.5.